The summed E-state index contributed by atoms with van der Waals surface area (Å²) < 4.78 is 6.85. The van der Waals surface area contributed by atoms with Crippen molar-refractivity contribution < 1.29 is 9.21 Å². The van der Waals surface area contributed by atoms with Crippen LogP contribution >= 0.6 is 0 Å². The van der Waals surface area contributed by atoms with E-state index in [9.17, 15) is 14.9 Å². The summed E-state index contributed by atoms with van der Waals surface area (Å²) in [6.07, 6.45) is 5.23. The molecule has 0 aliphatic carbocycles. The SMILES string of the molecule is N#Cc1cnn(-c2ccc3ccccc3n2)c1NC(=O)/C=C/c1coc2ccccc2c1=O. The molecule has 5 rings (SSSR count). The van der Waals surface area contributed by atoms with Crippen LogP contribution in [0.15, 0.2) is 88.4 Å². The van der Waals surface area contributed by atoms with Gasteiger partial charge in [0.1, 0.15) is 23.5 Å². The molecular formula is C25H15N5O3. The topological polar surface area (TPSA) is 114 Å². The molecule has 2 aromatic carbocycles. The van der Waals surface area contributed by atoms with Crippen LogP contribution in [-0.4, -0.2) is 20.7 Å². The van der Waals surface area contributed by atoms with E-state index < -0.39 is 5.91 Å². The molecule has 33 heavy (non-hydrogen) atoms. The zero-order valence-corrected chi connectivity index (χ0v) is 17.1. The number of anilines is 1. The average Bonchev–Trinajstić information content (AvgIpc) is 3.26. The zero-order chi connectivity index (χ0) is 22.8. The van der Waals surface area contributed by atoms with Gasteiger partial charge in [-0.15, -0.1) is 0 Å². The van der Waals surface area contributed by atoms with Crippen LogP contribution in [0.4, 0.5) is 5.82 Å². The van der Waals surface area contributed by atoms with Crippen molar-refractivity contribution >= 4 is 39.7 Å². The maximum Gasteiger partial charge on any atom is 0.249 e. The molecule has 0 spiro atoms. The van der Waals surface area contributed by atoms with E-state index in [-0.39, 0.29) is 22.4 Å². The van der Waals surface area contributed by atoms with E-state index in [0.717, 1.165) is 10.9 Å². The lowest BCUT2D eigenvalue weighted by Crippen LogP contribution is -2.14. The normalized spacial score (nSPS) is 11.1. The number of rotatable bonds is 4. The van der Waals surface area contributed by atoms with Crippen molar-refractivity contribution in [2.24, 2.45) is 0 Å². The van der Waals surface area contributed by atoms with Gasteiger partial charge < -0.3 is 9.73 Å². The van der Waals surface area contributed by atoms with Gasteiger partial charge in [0.25, 0.3) is 0 Å². The summed E-state index contributed by atoms with van der Waals surface area (Å²) in [6.45, 7) is 0. The first-order chi connectivity index (χ1) is 16.1. The molecule has 3 aromatic heterocycles. The molecule has 8 nitrogen and oxygen atoms in total. The Labute approximate surface area is 187 Å². The van der Waals surface area contributed by atoms with Crippen LogP contribution in [0.3, 0.4) is 0 Å². The molecule has 0 radical (unpaired) electrons. The summed E-state index contributed by atoms with van der Waals surface area (Å²) >= 11 is 0. The van der Waals surface area contributed by atoms with E-state index in [1.807, 2.05) is 36.4 Å². The number of aromatic nitrogens is 3. The minimum atomic E-state index is -0.540. The maximum atomic E-state index is 12.6. The molecule has 3 heterocycles. The lowest BCUT2D eigenvalue weighted by Gasteiger charge is -2.08. The minimum absolute atomic E-state index is 0.178. The van der Waals surface area contributed by atoms with Gasteiger partial charge in [-0.3, -0.25) is 9.59 Å². The van der Waals surface area contributed by atoms with Gasteiger partial charge in [-0.05, 0) is 36.4 Å². The molecule has 0 saturated carbocycles. The van der Waals surface area contributed by atoms with E-state index >= 15 is 0 Å². The Kier molecular flexibility index (Phi) is 4.97. The Hall–Kier alpha value is -5.03. The van der Waals surface area contributed by atoms with Crippen molar-refractivity contribution in [1.29, 1.82) is 5.26 Å². The number of carbonyl (C=O) groups excluding carboxylic acids is 1. The molecule has 5 aromatic rings. The van der Waals surface area contributed by atoms with Crippen LogP contribution in [0.2, 0.25) is 0 Å². The van der Waals surface area contributed by atoms with Gasteiger partial charge in [0.2, 0.25) is 5.91 Å². The van der Waals surface area contributed by atoms with Crippen LogP contribution in [-0.2, 0) is 4.79 Å². The molecule has 1 N–H and O–H groups in total. The Morgan fingerprint density at radius 3 is 2.79 bits per heavy atom. The van der Waals surface area contributed by atoms with Gasteiger partial charge in [-0.2, -0.15) is 15.0 Å². The first kappa shape index (κ1) is 19.9. The minimum Gasteiger partial charge on any atom is -0.463 e. The number of pyridine rings is 1. The van der Waals surface area contributed by atoms with Gasteiger partial charge in [-0.25, -0.2) is 4.98 Å². The highest BCUT2D eigenvalue weighted by atomic mass is 16.3. The van der Waals surface area contributed by atoms with Gasteiger partial charge in [0.05, 0.1) is 22.7 Å². The smallest absolute Gasteiger partial charge is 0.249 e. The fourth-order valence-corrected chi connectivity index (χ4v) is 3.43. The summed E-state index contributed by atoms with van der Waals surface area (Å²) in [4.78, 5) is 29.8. The highest BCUT2D eigenvalue weighted by molar-refractivity contribution is 6.02. The van der Waals surface area contributed by atoms with Crippen molar-refractivity contribution in [2.75, 3.05) is 5.32 Å². The Morgan fingerprint density at radius 1 is 1.09 bits per heavy atom. The number of benzene rings is 2. The molecule has 0 fully saturated rings. The molecule has 1 amide bonds. The molecular weight excluding hydrogens is 418 g/mol. The summed E-state index contributed by atoms with van der Waals surface area (Å²) in [5.74, 6) is 0.0896. The third kappa shape index (κ3) is 3.75. The quantitative estimate of drug-likeness (QED) is 0.428. The molecule has 0 unspecified atom stereocenters. The number of fused-ring (bicyclic) bond motifs is 2. The number of hydrogen-bond acceptors (Lipinski definition) is 6. The largest absolute Gasteiger partial charge is 0.463 e. The van der Waals surface area contributed by atoms with E-state index in [0.29, 0.717) is 16.8 Å². The zero-order valence-electron chi connectivity index (χ0n) is 17.1. The Balaban J connectivity index is 1.45. The molecule has 158 valence electrons. The number of nitrogens with zero attached hydrogens (tertiary/aromatic N) is 4. The Morgan fingerprint density at radius 2 is 1.91 bits per heavy atom. The van der Waals surface area contributed by atoms with Crippen molar-refractivity contribution in [3.63, 3.8) is 0 Å². The fourth-order valence-electron chi connectivity index (χ4n) is 3.43. The van der Waals surface area contributed by atoms with Crippen molar-refractivity contribution in [3.8, 4) is 11.9 Å². The molecule has 8 heteroatoms. The summed E-state index contributed by atoms with van der Waals surface area (Å²) in [6, 6.07) is 20.1. The number of amides is 1. The van der Waals surface area contributed by atoms with Crippen molar-refractivity contribution in [2.45, 2.75) is 0 Å². The lowest BCUT2D eigenvalue weighted by molar-refractivity contribution is -0.111. The van der Waals surface area contributed by atoms with Gasteiger partial charge >= 0.3 is 0 Å². The fraction of sp³-hybridized carbons (Fsp3) is 0. The Bertz CT molecular complexity index is 1660. The second kappa shape index (κ2) is 8.24. The predicted molar refractivity (Wildman–Crippen MR) is 124 cm³/mol. The van der Waals surface area contributed by atoms with E-state index in [4.69, 9.17) is 4.42 Å². The van der Waals surface area contributed by atoms with Crippen LogP contribution in [0.1, 0.15) is 11.1 Å². The number of hydrogen-bond donors (Lipinski definition) is 1. The molecule has 0 bridgehead atoms. The van der Waals surface area contributed by atoms with Crippen LogP contribution in [0.5, 0.6) is 0 Å². The summed E-state index contributed by atoms with van der Waals surface area (Å²) in [7, 11) is 0. The standard InChI is InChI=1S/C25H15N5O3/c26-13-18-14-27-30(22-11-9-16-5-1-3-7-20(16)28-22)25(18)29-23(31)12-10-17-15-33-21-8-4-2-6-19(21)24(17)32/h1-12,14-15H,(H,29,31)/b12-10+. The van der Waals surface area contributed by atoms with Gasteiger partial charge in [0.15, 0.2) is 17.1 Å². The number of para-hydroxylation sites is 2. The first-order valence-electron chi connectivity index (χ1n) is 9.98. The predicted octanol–water partition coefficient (Wildman–Crippen LogP) is 4.05. The summed E-state index contributed by atoms with van der Waals surface area (Å²) in [5.41, 5.74) is 1.38. The summed E-state index contributed by atoms with van der Waals surface area (Å²) in [5, 5.41) is 17.7. The molecule has 0 aliphatic rings. The second-order valence-electron chi connectivity index (χ2n) is 7.13. The van der Waals surface area contributed by atoms with E-state index in [1.54, 1.807) is 30.3 Å². The molecule has 0 saturated heterocycles. The first-order valence-corrected chi connectivity index (χ1v) is 9.98. The van der Waals surface area contributed by atoms with Crippen molar-refractivity contribution in [3.05, 3.63) is 101 Å². The third-order valence-electron chi connectivity index (χ3n) is 5.05. The highest BCUT2D eigenvalue weighted by Crippen LogP contribution is 2.21. The second-order valence-corrected chi connectivity index (χ2v) is 7.13. The van der Waals surface area contributed by atoms with Crippen LogP contribution < -0.4 is 10.7 Å². The van der Waals surface area contributed by atoms with Crippen LogP contribution in [0, 0.1) is 11.3 Å². The van der Waals surface area contributed by atoms with Crippen molar-refractivity contribution in [1.82, 2.24) is 14.8 Å². The molecule has 0 atom stereocenters. The molecule has 0 aliphatic heterocycles. The number of carbonyl (C=O) groups is 1. The van der Waals surface area contributed by atoms with Gasteiger partial charge in [-0.1, -0.05) is 30.3 Å². The number of nitrogens with one attached hydrogen (secondary N) is 1. The monoisotopic (exact) mass is 433 g/mol. The van der Waals surface area contributed by atoms with Crippen LogP contribution in [0.25, 0.3) is 33.8 Å². The van der Waals surface area contributed by atoms with Gasteiger partial charge in [0, 0.05) is 11.5 Å². The van der Waals surface area contributed by atoms with E-state index in [1.165, 1.54) is 29.3 Å². The maximum absolute atomic E-state index is 12.6. The highest BCUT2D eigenvalue weighted by Gasteiger charge is 2.15. The number of nitriles is 1. The van der Waals surface area contributed by atoms with E-state index in [2.05, 4.69) is 15.4 Å². The third-order valence-corrected chi connectivity index (χ3v) is 5.05. The lowest BCUT2D eigenvalue weighted by atomic mass is 10.1. The average molecular weight is 433 g/mol.